The van der Waals surface area contributed by atoms with Crippen LogP contribution in [0.3, 0.4) is 0 Å². The third kappa shape index (κ3) is 4.76. The van der Waals surface area contributed by atoms with Gasteiger partial charge in [0.25, 0.3) is 0 Å². The van der Waals surface area contributed by atoms with Crippen molar-refractivity contribution in [2.45, 2.75) is 71.8 Å². The first-order valence-electron chi connectivity index (χ1n) is 14.7. The van der Waals surface area contributed by atoms with Crippen molar-refractivity contribution in [3.63, 3.8) is 0 Å². The lowest BCUT2D eigenvalue weighted by molar-refractivity contribution is 0.0226. The van der Waals surface area contributed by atoms with Crippen LogP contribution in [-0.4, -0.2) is 84.5 Å². The number of fused-ring (bicyclic) bond motifs is 1. The summed E-state index contributed by atoms with van der Waals surface area (Å²) >= 11 is 0. The highest BCUT2D eigenvalue weighted by Gasteiger charge is 2.37. The monoisotopic (exact) mass is 523 g/mol. The van der Waals surface area contributed by atoms with Gasteiger partial charge < -0.3 is 24.5 Å². The van der Waals surface area contributed by atoms with Crippen molar-refractivity contribution >= 4 is 17.6 Å². The molecule has 38 heavy (non-hydrogen) atoms. The van der Waals surface area contributed by atoms with Crippen molar-refractivity contribution in [3.8, 4) is 11.5 Å². The molecule has 0 saturated carbocycles. The minimum absolute atomic E-state index is 0.226. The average molecular weight is 524 g/mol. The van der Waals surface area contributed by atoms with Gasteiger partial charge in [0.15, 0.2) is 0 Å². The van der Waals surface area contributed by atoms with Gasteiger partial charge in [0, 0.05) is 70.5 Å². The average Bonchev–Trinajstić information content (AvgIpc) is 3.66. The number of rotatable bonds is 5. The second kappa shape index (κ2) is 10.1. The minimum atomic E-state index is -0.226. The Morgan fingerprint density at radius 3 is 2.00 bits per heavy atom. The van der Waals surface area contributed by atoms with Crippen LogP contribution in [0.4, 0.5) is 17.6 Å². The molecule has 5 heterocycles. The lowest BCUT2D eigenvalue weighted by atomic mass is 9.89. The molecule has 3 saturated heterocycles. The smallest absolute Gasteiger partial charge is 0.229 e. The topological polar surface area (TPSA) is 68.2 Å². The van der Waals surface area contributed by atoms with Gasteiger partial charge in [-0.15, -0.1) is 0 Å². The largest absolute Gasteiger partial charge is 0.507 e. The Bertz CT molecular complexity index is 1150. The van der Waals surface area contributed by atoms with Gasteiger partial charge in [-0.2, -0.15) is 9.97 Å². The fraction of sp³-hybridized carbons (Fsp3) is 0.667. The molecule has 1 N–H and O–H groups in total. The van der Waals surface area contributed by atoms with Crippen LogP contribution in [0.25, 0.3) is 0 Å². The van der Waals surface area contributed by atoms with Crippen LogP contribution in [0.2, 0.25) is 0 Å². The van der Waals surface area contributed by atoms with E-state index in [-0.39, 0.29) is 5.60 Å². The second-order valence-electron chi connectivity index (χ2n) is 12.1. The molecule has 8 nitrogen and oxygen atoms in total. The molecule has 0 aliphatic carbocycles. The van der Waals surface area contributed by atoms with E-state index in [1.807, 2.05) is 13.8 Å². The molecule has 1 aromatic carbocycles. The Hall–Kier alpha value is -2.74. The van der Waals surface area contributed by atoms with Crippen molar-refractivity contribution in [3.05, 3.63) is 28.3 Å². The van der Waals surface area contributed by atoms with Gasteiger partial charge in [0.2, 0.25) is 5.95 Å². The van der Waals surface area contributed by atoms with E-state index in [1.165, 1.54) is 31.2 Å². The molecule has 2 aromatic rings. The summed E-state index contributed by atoms with van der Waals surface area (Å²) in [5.74, 6) is 4.52. The molecular weight excluding hydrogens is 479 g/mol. The highest BCUT2D eigenvalue weighted by atomic mass is 16.5. The van der Waals surface area contributed by atoms with Gasteiger partial charge in [-0.05, 0) is 82.9 Å². The Balaban J connectivity index is 1.14. The maximum Gasteiger partial charge on any atom is 0.229 e. The van der Waals surface area contributed by atoms with Gasteiger partial charge in [-0.3, -0.25) is 4.90 Å². The van der Waals surface area contributed by atoms with Crippen LogP contribution >= 0.6 is 0 Å². The molecule has 8 heteroatoms. The number of nitrogens with zero attached hydrogens (tertiary/aromatic N) is 6. The maximum atomic E-state index is 10.5. The predicted molar refractivity (Wildman–Crippen MR) is 153 cm³/mol. The summed E-state index contributed by atoms with van der Waals surface area (Å²) in [6, 6.07) is 2.23. The van der Waals surface area contributed by atoms with Gasteiger partial charge in [-0.25, -0.2) is 0 Å². The quantitative estimate of drug-likeness (QED) is 0.585. The summed E-state index contributed by atoms with van der Waals surface area (Å²) in [6.07, 6.45) is 6.89. The number of phenols is 1. The Kier molecular flexibility index (Phi) is 6.79. The summed E-state index contributed by atoms with van der Waals surface area (Å²) in [6.45, 7) is 17.5. The van der Waals surface area contributed by atoms with Crippen molar-refractivity contribution < 1.29 is 9.84 Å². The highest BCUT2D eigenvalue weighted by Crippen LogP contribution is 2.43. The standard InChI is InChI=1S/C30H44N6O2/c1-21-22(2)28-24(23(3)27(21)37)9-10-30(4,38-28)20-33-15-17-35(18-16-33)26-19-25(34-11-5-6-12-34)31-29(32-26)36-13-7-8-14-36/h19,37H,5-18,20H2,1-4H3/t30-/m1/s1/i19+1,20+1,29+1. The molecule has 3 fully saturated rings. The second-order valence-corrected chi connectivity index (χ2v) is 12.1. The normalized spacial score (nSPS) is 24.2. The van der Waals surface area contributed by atoms with Crippen molar-refractivity contribution in [2.75, 3.05) is 73.6 Å². The third-order valence-corrected chi connectivity index (χ3v) is 9.35. The molecule has 0 amide bonds. The van der Waals surface area contributed by atoms with E-state index in [2.05, 4.69) is 39.5 Å². The van der Waals surface area contributed by atoms with Crippen molar-refractivity contribution in [2.24, 2.45) is 0 Å². The van der Waals surface area contributed by atoms with Gasteiger partial charge in [0.1, 0.15) is 28.7 Å². The lowest BCUT2D eigenvalue weighted by Gasteiger charge is -2.43. The summed E-state index contributed by atoms with van der Waals surface area (Å²) in [5.41, 5.74) is 3.94. The molecule has 0 bridgehead atoms. The first-order chi connectivity index (χ1) is 18.3. The molecule has 6 rings (SSSR count). The number of hydrogen-bond acceptors (Lipinski definition) is 8. The van der Waals surface area contributed by atoms with Crippen LogP contribution < -0.4 is 19.4 Å². The van der Waals surface area contributed by atoms with Gasteiger partial charge in [-0.1, -0.05) is 0 Å². The Morgan fingerprint density at radius 1 is 0.789 bits per heavy atom. The van der Waals surface area contributed by atoms with Crippen LogP contribution in [0.5, 0.6) is 11.5 Å². The van der Waals surface area contributed by atoms with Gasteiger partial charge in [0.05, 0.1) is 0 Å². The third-order valence-electron chi connectivity index (χ3n) is 9.35. The number of benzene rings is 1. The number of anilines is 3. The van der Waals surface area contributed by atoms with E-state index < -0.39 is 0 Å². The first kappa shape index (κ1) is 25.5. The number of phenolic OH excluding ortho intramolecular Hbond substituents is 1. The van der Waals surface area contributed by atoms with E-state index in [9.17, 15) is 5.11 Å². The van der Waals surface area contributed by atoms with Crippen molar-refractivity contribution in [1.29, 1.82) is 0 Å². The van der Waals surface area contributed by atoms with E-state index in [0.29, 0.717) is 5.75 Å². The summed E-state index contributed by atoms with van der Waals surface area (Å²) in [4.78, 5) is 19.9. The predicted octanol–water partition coefficient (Wildman–Crippen LogP) is 4.21. The molecular formula is C30H44N6O2. The Labute approximate surface area is 227 Å². The molecule has 206 valence electrons. The van der Waals surface area contributed by atoms with E-state index in [0.717, 1.165) is 112 Å². The summed E-state index contributed by atoms with van der Waals surface area (Å²) in [7, 11) is 0. The minimum Gasteiger partial charge on any atom is -0.507 e. The molecule has 1 atom stereocenters. The van der Waals surface area contributed by atoms with Crippen LogP contribution in [0.1, 0.15) is 61.3 Å². The number of piperazine rings is 1. The number of aromatic nitrogens is 2. The first-order valence-corrected chi connectivity index (χ1v) is 14.7. The molecule has 0 radical (unpaired) electrons. The summed E-state index contributed by atoms with van der Waals surface area (Å²) in [5, 5.41) is 10.5. The molecule has 4 aliphatic heterocycles. The molecule has 0 unspecified atom stereocenters. The zero-order valence-electron chi connectivity index (χ0n) is 23.7. The van der Waals surface area contributed by atoms with E-state index in [1.54, 1.807) is 0 Å². The zero-order chi connectivity index (χ0) is 26.4. The molecule has 0 spiro atoms. The lowest BCUT2D eigenvalue weighted by Crippen LogP contribution is -2.54. The fourth-order valence-corrected chi connectivity index (χ4v) is 6.75. The molecule has 4 aliphatic rings. The fourth-order valence-electron chi connectivity index (χ4n) is 6.75. The zero-order valence-corrected chi connectivity index (χ0v) is 23.7. The van der Waals surface area contributed by atoms with Crippen molar-refractivity contribution in [1.82, 2.24) is 14.9 Å². The number of ether oxygens (including phenoxy) is 1. The highest BCUT2D eigenvalue weighted by molar-refractivity contribution is 5.59. The summed E-state index contributed by atoms with van der Waals surface area (Å²) < 4.78 is 6.73. The van der Waals surface area contributed by atoms with E-state index >= 15 is 0 Å². The maximum absolute atomic E-state index is 10.5. The van der Waals surface area contributed by atoms with Crippen LogP contribution in [0.15, 0.2) is 6.07 Å². The Morgan fingerprint density at radius 2 is 1.37 bits per heavy atom. The van der Waals surface area contributed by atoms with Gasteiger partial charge >= 0.3 is 0 Å². The van der Waals surface area contributed by atoms with Crippen LogP contribution in [0, 0.1) is 20.8 Å². The number of aromatic hydroxyl groups is 1. The SMILES string of the molecule is Cc1c(C)c2c(c(C)c1O)CC[C@](C)([13CH2]N1CCN(c3[13cH]c(N4CCCC4)n[13c](N4CCCC4)n3)CC1)O2. The van der Waals surface area contributed by atoms with Crippen LogP contribution in [-0.2, 0) is 6.42 Å². The molecule has 1 aromatic heterocycles. The number of hydrogen-bond donors (Lipinski definition) is 1. The van der Waals surface area contributed by atoms with E-state index in [4.69, 9.17) is 14.7 Å².